The SMILES string of the molecule is COc1ccc(C2c3c(n[nH]c3C)C(=O)N2CCc2c[nH]c3ccccc23)cc1OC. The lowest BCUT2D eigenvalue weighted by Gasteiger charge is -2.26. The average molecular weight is 416 g/mol. The highest BCUT2D eigenvalue weighted by Crippen LogP contribution is 2.42. The maximum atomic E-state index is 13.3. The van der Waals surface area contributed by atoms with Gasteiger partial charge in [-0.05, 0) is 42.7 Å². The summed E-state index contributed by atoms with van der Waals surface area (Å²) in [6, 6.07) is 13.8. The van der Waals surface area contributed by atoms with Gasteiger partial charge in [-0.25, -0.2) is 0 Å². The first-order valence-electron chi connectivity index (χ1n) is 10.2. The van der Waals surface area contributed by atoms with Crippen molar-refractivity contribution >= 4 is 16.8 Å². The summed E-state index contributed by atoms with van der Waals surface area (Å²) in [4.78, 5) is 18.5. The first-order valence-corrected chi connectivity index (χ1v) is 10.2. The van der Waals surface area contributed by atoms with Crippen molar-refractivity contribution in [2.75, 3.05) is 20.8 Å². The molecule has 7 heteroatoms. The van der Waals surface area contributed by atoms with Gasteiger partial charge in [-0.1, -0.05) is 24.3 Å². The number of amides is 1. The van der Waals surface area contributed by atoms with Crippen molar-refractivity contribution in [1.29, 1.82) is 0 Å². The molecule has 158 valence electrons. The van der Waals surface area contributed by atoms with E-state index in [4.69, 9.17) is 9.47 Å². The Hall–Kier alpha value is -3.74. The van der Waals surface area contributed by atoms with Crippen LogP contribution in [0.5, 0.6) is 11.5 Å². The second-order valence-corrected chi connectivity index (χ2v) is 7.74. The van der Waals surface area contributed by atoms with Crippen molar-refractivity contribution in [2.45, 2.75) is 19.4 Å². The average Bonchev–Trinajstić information content (AvgIpc) is 3.46. The molecule has 5 rings (SSSR count). The van der Waals surface area contributed by atoms with E-state index in [1.165, 1.54) is 10.9 Å². The van der Waals surface area contributed by atoms with Crippen LogP contribution >= 0.6 is 0 Å². The number of methoxy groups -OCH3 is 2. The molecule has 0 spiro atoms. The van der Waals surface area contributed by atoms with E-state index in [9.17, 15) is 4.79 Å². The van der Waals surface area contributed by atoms with E-state index in [1.54, 1.807) is 14.2 Å². The van der Waals surface area contributed by atoms with Gasteiger partial charge in [0.2, 0.25) is 0 Å². The minimum atomic E-state index is -0.230. The van der Waals surface area contributed by atoms with Gasteiger partial charge in [0.1, 0.15) is 0 Å². The number of nitrogens with one attached hydrogen (secondary N) is 2. The van der Waals surface area contributed by atoms with Crippen molar-refractivity contribution in [3.8, 4) is 11.5 Å². The second-order valence-electron chi connectivity index (χ2n) is 7.74. The Bertz CT molecular complexity index is 1270. The molecule has 0 fully saturated rings. The van der Waals surface area contributed by atoms with Crippen LogP contribution in [0.4, 0.5) is 0 Å². The number of H-pyrrole nitrogens is 2. The fourth-order valence-electron chi connectivity index (χ4n) is 4.52. The number of aromatic nitrogens is 3. The first kappa shape index (κ1) is 19.2. The number of hydrogen-bond acceptors (Lipinski definition) is 4. The summed E-state index contributed by atoms with van der Waals surface area (Å²) in [5.74, 6) is 1.24. The van der Waals surface area contributed by atoms with Crippen molar-refractivity contribution in [3.63, 3.8) is 0 Å². The van der Waals surface area contributed by atoms with Gasteiger partial charge in [0.25, 0.3) is 5.91 Å². The van der Waals surface area contributed by atoms with Crippen LogP contribution in [0, 0.1) is 6.92 Å². The molecule has 1 aliphatic heterocycles. The number of carbonyl (C=O) groups is 1. The van der Waals surface area contributed by atoms with Crippen molar-refractivity contribution in [2.24, 2.45) is 0 Å². The molecule has 2 N–H and O–H groups in total. The zero-order valence-corrected chi connectivity index (χ0v) is 17.7. The topological polar surface area (TPSA) is 83.2 Å². The number of aromatic amines is 2. The minimum absolute atomic E-state index is 0.0565. The van der Waals surface area contributed by atoms with Crippen LogP contribution in [-0.2, 0) is 6.42 Å². The largest absolute Gasteiger partial charge is 0.493 e. The zero-order chi connectivity index (χ0) is 21.5. The van der Waals surface area contributed by atoms with Crippen molar-refractivity contribution in [1.82, 2.24) is 20.1 Å². The number of fused-ring (bicyclic) bond motifs is 2. The van der Waals surface area contributed by atoms with E-state index in [0.717, 1.165) is 28.8 Å². The number of aryl methyl sites for hydroxylation is 1. The Kier molecular flexibility index (Phi) is 4.66. The molecule has 0 bridgehead atoms. The first-order chi connectivity index (χ1) is 15.1. The smallest absolute Gasteiger partial charge is 0.275 e. The molecular formula is C24H24N4O3. The summed E-state index contributed by atoms with van der Waals surface area (Å²) >= 11 is 0. The maximum Gasteiger partial charge on any atom is 0.275 e. The fraction of sp³-hybridized carbons (Fsp3) is 0.250. The normalized spacial score (nSPS) is 15.5. The summed E-state index contributed by atoms with van der Waals surface area (Å²) in [5.41, 5.74) is 5.58. The standard InChI is InChI=1S/C24H24N4O3/c1-14-21-22(27-26-14)24(29)28(11-10-16-13-25-18-7-5-4-6-17(16)18)23(21)15-8-9-19(30-2)20(12-15)31-3/h4-9,12-13,23,25H,10-11H2,1-3H3,(H,26,27). The molecule has 2 aromatic heterocycles. The highest BCUT2D eigenvalue weighted by Gasteiger charge is 2.41. The molecule has 7 nitrogen and oxygen atoms in total. The third-order valence-electron chi connectivity index (χ3n) is 6.06. The Balaban J connectivity index is 1.52. The number of rotatable bonds is 6. The Morgan fingerprint density at radius 1 is 1.10 bits per heavy atom. The van der Waals surface area contributed by atoms with E-state index in [0.29, 0.717) is 23.7 Å². The van der Waals surface area contributed by atoms with Gasteiger partial charge in [-0.15, -0.1) is 0 Å². The lowest BCUT2D eigenvalue weighted by molar-refractivity contribution is 0.0745. The lowest BCUT2D eigenvalue weighted by Crippen LogP contribution is -2.31. The van der Waals surface area contributed by atoms with Crippen LogP contribution in [-0.4, -0.2) is 46.8 Å². The quantitative estimate of drug-likeness (QED) is 0.498. The maximum absolute atomic E-state index is 13.3. The summed E-state index contributed by atoms with van der Waals surface area (Å²) in [6.45, 7) is 2.53. The molecule has 4 aromatic rings. The number of nitrogens with zero attached hydrogens (tertiary/aromatic N) is 2. The molecular weight excluding hydrogens is 392 g/mol. The summed E-state index contributed by atoms with van der Waals surface area (Å²) < 4.78 is 10.9. The number of ether oxygens (including phenoxy) is 2. The molecule has 1 aliphatic rings. The van der Waals surface area contributed by atoms with E-state index >= 15 is 0 Å². The molecule has 1 amide bonds. The molecule has 0 saturated heterocycles. The molecule has 31 heavy (non-hydrogen) atoms. The van der Waals surface area contributed by atoms with Gasteiger partial charge in [-0.2, -0.15) is 5.10 Å². The number of hydrogen-bond donors (Lipinski definition) is 2. The molecule has 3 heterocycles. The van der Waals surface area contributed by atoms with Gasteiger partial charge >= 0.3 is 0 Å². The highest BCUT2D eigenvalue weighted by atomic mass is 16.5. The van der Waals surface area contributed by atoms with Crippen LogP contribution in [0.15, 0.2) is 48.7 Å². The summed E-state index contributed by atoms with van der Waals surface area (Å²) in [5, 5.41) is 8.46. The molecule has 2 aromatic carbocycles. The molecule has 0 aliphatic carbocycles. The number of benzene rings is 2. The van der Waals surface area contributed by atoms with Gasteiger partial charge in [0.05, 0.1) is 20.3 Å². The predicted octanol–water partition coefficient (Wildman–Crippen LogP) is 4.00. The Labute approximate surface area is 180 Å². The van der Waals surface area contributed by atoms with Crippen molar-refractivity contribution < 1.29 is 14.3 Å². The Morgan fingerprint density at radius 3 is 2.71 bits per heavy atom. The second kappa shape index (κ2) is 7.50. The summed E-state index contributed by atoms with van der Waals surface area (Å²) in [6.07, 6.45) is 2.77. The van der Waals surface area contributed by atoms with Crippen LogP contribution < -0.4 is 9.47 Å². The van der Waals surface area contributed by atoms with E-state index < -0.39 is 0 Å². The molecule has 0 saturated carbocycles. The van der Waals surface area contributed by atoms with E-state index in [2.05, 4.69) is 27.3 Å². The van der Waals surface area contributed by atoms with E-state index in [1.807, 2.05) is 48.4 Å². The number of carbonyl (C=O) groups excluding carboxylic acids is 1. The van der Waals surface area contributed by atoms with Gasteiger partial charge < -0.3 is 19.4 Å². The lowest BCUT2D eigenvalue weighted by atomic mass is 9.98. The molecule has 1 atom stereocenters. The molecule has 1 unspecified atom stereocenters. The van der Waals surface area contributed by atoms with Crippen LogP contribution in [0.2, 0.25) is 0 Å². The van der Waals surface area contributed by atoms with Gasteiger partial charge in [0.15, 0.2) is 17.2 Å². The third-order valence-corrected chi connectivity index (χ3v) is 6.06. The van der Waals surface area contributed by atoms with Crippen molar-refractivity contribution in [3.05, 3.63) is 76.7 Å². The minimum Gasteiger partial charge on any atom is -0.493 e. The third kappa shape index (κ3) is 3.04. The fourth-order valence-corrected chi connectivity index (χ4v) is 4.52. The molecule has 0 radical (unpaired) electrons. The van der Waals surface area contributed by atoms with Gasteiger partial charge in [-0.3, -0.25) is 9.89 Å². The van der Waals surface area contributed by atoms with Crippen LogP contribution in [0.25, 0.3) is 10.9 Å². The summed E-state index contributed by atoms with van der Waals surface area (Å²) in [7, 11) is 3.23. The zero-order valence-electron chi connectivity index (χ0n) is 17.7. The monoisotopic (exact) mass is 416 g/mol. The Morgan fingerprint density at radius 2 is 1.90 bits per heavy atom. The van der Waals surface area contributed by atoms with Crippen LogP contribution in [0.1, 0.15) is 38.9 Å². The highest BCUT2D eigenvalue weighted by molar-refractivity contribution is 5.98. The van der Waals surface area contributed by atoms with Gasteiger partial charge in [0, 0.05) is 34.9 Å². The van der Waals surface area contributed by atoms with E-state index in [-0.39, 0.29) is 11.9 Å². The predicted molar refractivity (Wildman–Crippen MR) is 118 cm³/mol. The number of para-hydroxylation sites is 1. The van der Waals surface area contributed by atoms with Crippen LogP contribution in [0.3, 0.4) is 0 Å².